The van der Waals surface area contributed by atoms with Gasteiger partial charge in [0.1, 0.15) is 5.69 Å². The number of aromatic nitrogens is 1. The third-order valence-corrected chi connectivity index (χ3v) is 5.67. The van der Waals surface area contributed by atoms with E-state index in [-0.39, 0.29) is 5.91 Å². The number of para-hydroxylation sites is 1. The van der Waals surface area contributed by atoms with Gasteiger partial charge in [0.05, 0.1) is 17.3 Å². The molecule has 1 aliphatic carbocycles. The highest BCUT2D eigenvalue weighted by Gasteiger charge is 2.22. The summed E-state index contributed by atoms with van der Waals surface area (Å²) in [5.41, 5.74) is 7.40. The molecule has 2 heterocycles. The van der Waals surface area contributed by atoms with Crippen LogP contribution < -0.4 is 16.2 Å². The van der Waals surface area contributed by atoms with Gasteiger partial charge in [-0.1, -0.05) is 38.0 Å². The largest absolute Gasteiger partial charge is 0.463 e. The van der Waals surface area contributed by atoms with Gasteiger partial charge in [0.25, 0.3) is 5.91 Å². The fraction of sp³-hybridized carbons (Fsp3) is 0.318. The van der Waals surface area contributed by atoms with Crippen molar-refractivity contribution in [3.63, 3.8) is 0 Å². The number of rotatable bonds is 3. The summed E-state index contributed by atoms with van der Waals surface area (Å²) < 4.78 is 5.46. The van der Waals surface area contributed by atoms with Crippen molar-refractivity contribution in [1.29, 1.82) is 0 Å². The van der Waals surface area contributed by atoms with Gasteiger partial charge in [-0.05, 0) is 55.2 Å². The molecule has 0 unspecified atom stereocenters. The van der Waals surface area contributed by atoms with Crippen LogP contribution >= 0.6 is 12.2 Å². The van der Waals surface area contributed by atoms with E-state index in [0.717, 1.165) is 17.3 Å². The van der Waals surface area contributed by atoms with Crippen molar-refractivity contribution in [2.45, 2.75) is 38.6 Å². The summed E-state index contributed by atoms with van der Waals surface area (Å²) in [6, 6.07) is 13.2. The average molecular weight is 409 g/mol. The Morgan fingerprint density at radius 2 is 1.97 bits per heavy atom. The van der Waals surface area contributed by atoms with Crippen LogP contribution in [0.3, 0.4) is 0 Å². The van der Waals surface area contributed by atoms with Crippen LogP contribution in [0.1, 0.15) is 43.0 Å². The minimum atomic E-state index is -0.280. The Bertz CT molecular complexity index is 1020. The molecule has 1 amide bonds. The third-order valence-electron chi connectivity index (χ3n) is 5.45. The molecule has 0 radical (unpaired) electrons. The quantitative estimate of drug-likeness (QED) is 0.446. The summed E-state index contributed by atoms with van der Waals surface area (Å²) in [6.07, 6.45) is 6.35. The molecule has 0 aliphatic heterocycles. The van der Waals surface area contributed by atoms with Crippen molar-refractivity contribution in [3.05, 3.63) is 54.3 Å². The normalized spacial score (nSPS) is 18.9. The molecule has 2 aromatic heterocycles. The standard InChI is InChI=1S/C22H24N4O2S/c1-14-7-2-4-9-17(14)24-22(29)26-25-21(27)16-13-19(20-11-6-12-28-20)23-18-10-5-3-8-15(16)18/h3,5-6,8,10-14,17H,2,4,7,9H2,1H3,(H,25,27)(H2,24,26,29)/t14-,17+/m1/s1. The number of hydrazine groups is 1. The predicted molar refractivity (Wildman–Crippen MR) is 117 cm³/mol. The van der Waals surface area contributed by atoms with E-state index in [4.69, 9.17) is 16.6 Å². The SMILES string of the molecule is C[C@@H]1CCCC[C@@H]1NC(=S)NNC(=O)c1cc(-c2ccco2)nc2ccccc12. The molecule has 1 fully saturated rings. The van der Waals surface area contributed by atoms with Crippen molar-refractivity contribution in [2.75, 3.05) is 0 Å². The van der Waals surface area contributed by atoms with E-state index in [1.165, 1.54) is 19.3 Å². The van der Waals surface area contributed by atoms with Gasteiger partial charge in [-0.3, -0.25) is 15.6 Å². The second-order valence-electron chi connectivity index (χ2n) is 7.47. The lowest BCUT2D eigenvalue weighted by atomic mass is 9.86. The third kappa shape index (κ3) is 4.40. The Morgan fingerprint density at radius 3 is 2.76 bits per heavy atom. The highest BCUT2D eigenvalue weighted by atomic mass is 32.1. The monoisotopic (exact) mass is 408 g/mol. The molecular formula is C22H24N4O2S. The fourth-order valence-electron chi connectivity index (χ4n) is 3.83. The molecule has 3 aromatic rings. The second-order valence-corrected chi connectivity index (χ2v) is 7.88. The van der Waals surface area contributed by atoms with Crippen LogP contribution in [0.5, 0.6) is 0 Å². The molecule has 0 saturated heterocycles. The van der Waals surface area contributed by atoms with Gasteiger partial charge in [-0.15, -0.1) is 0 Å². The van der Waals surface area contributed by atoms with E-state index in [9.17, 15) is 4.79 Å². The summed E-state index contributed by atoms with van der Waals surface area (Å²) in [4.78, 5) is 17.5. The molecule has 1 aromatic carbocycles. The molecule has 3 N–H and O–H groups in total. The highest BCUT2D eigenvalue weighted by molar-refractivity contribution is 7.80. The number of carbonyl (C=O) groups is 1. The number of hydrogen-bond donors (Lipinski definition) is 3. The Hall–Kier alpha value is -2.93. The van der Waals surface area contributed by atoms with Gasteiger partial charge in [0, 0.05) is 11.4 Å². The molecule has 0 spiro atoms. The summed E-state index contributed by atoms with van der Waals surface area (Å²) in [6.45, 7) is 2.23. The molecule has 1 saturated carbocycles. The van der Waals surface area contributed by atoms with Gasteiger partial charge in [-0.25, -0.2) is 4.98 Å². The maximum absolute atomic E-state index is 12.9. The number of carbonyl (C=O) groups excluding carboxylic acids is 1. The maximum Gasteiger partial charge on any atom is 0.270 e. The van der Waals surface area contributed by atoms with Gasteiger partial charge < -0.3 is 9.73 Å². The first kappa shape index (κ1) is 19.4. The minimum Gasteiger partial charge on any atom is -0.463 e. The van der Waals surface area contributed by atoms with E-state index >= 15 is 0 Å². The lowest BCUT2D eigenvalue weighted by Crippen LogP contribution is -2.51. The molecular weight excluding hydrogens is 384 g/mol. The summed E-state index contributed by atoms with van der Waals surface area (Å²) in [5.74, 6) is 0.901. The number of hydrogen-bond acceptors (Lipinski definition) is 4. The second kappa shape index (κ2) is 8.61. The number of nitrogens with zero attached hydrogens (tertiary/aromatic N) is 1. The zero-order valence-electron chi connectivity index (χ0n) is 16.3. The number of benzene rings is 1. The smallest absolute Gasteiger partial charge is 0.270 e. The summed E-state index contributed by atoms with van der Waals surface area (Å²) in [7, 11) is 0. The Kier molecular flexibility index (Phi) is 5.76. The van der Waals surface area contributed by atoms with Crippen LogP contribution in [-0.2, 0) is 0 Å². The van der Waals surface area contributed by atoms with Gasteiger partial charge in [0.2, 0.25) is 0 Å². The van der Waals surface area contributed by atoms with Crippen LogP contribution in [0.25, 0.3) is 22.4 Å². The number of thiocarbonyl (C=S) groups is 1. The molecule has 4 rings (SSSR count). The Morgan fingerprint density at radius 1 is 1.14 bits per heavy atom. The first-order chi connectivity index (χ1) is 14.1. The van der Waals surface area contributed by atoms with Crippen LogP contribution in [0.2, 0.25) is 0 Å². The van der Waals surface area contributed by atoms with Crippen LogP contribution in [0.15, 0.2) is 53.1 Å². The maximum atomic E-state index is 12.9. The molecule has 0 bridgehead atoms. The van der Waals surface area contributed by atoms with E-state index in [1.807, 2.05) is 30.3 Å². The van der Waals surface area contributed by atoms with Crippen molar-refractivity contribution < 1.29 is 9.21 Å². The number of fused-ring (bicyclic) bond motifs is 1. The number of furan rings is 1. The molecule has 150 valence electrons. The minimum absolute atomic E-state index is 0.280. The zero-order chi connectivity index (χ0) is 20.2. The van der Waals surface area contributed by atoms with Crippen LogP contribution in [0.4, 0.5) is 0 Å². The molecule has 6 nitrogen and oxygen atoms in total. The van der Waals surface area contributed by atoms with E-state index in [1.54, 1.807) is 18.4 Å². The number of nitrogens with one attached hydrogen (secondary N) is 3. The summed E-state index contributed by atoms with van der Waals surface area (Å²) >= 11 is 5.38. The molecule has 29 heavy (non-hydrogen) atoms. The van der Waals surface area contributed by atoms with E-state index < -0.39 is 0 Å². The molecule has 1 aliphatic rings. The molecule has 7 heteroatoms. The highest BCUT2D eigenvalue weighted by Crippen LogP contribution is 2.25. The van der Waals surface area contributed by atoms with E-state index in [2.05, 4.69) is 28.1 Å². The lowest BCUT2D eigenvalue weighted by molar-refractivity contribution is 0.0945. The Labute approximate surface area is 175 Å². The van der Waals surface area contributed by atoms with Gasteiger partial charge in [0.15, 0.2) is 10.9 Å². The summed E-state index contributed by atoms with van der Waals surface area (Å²) in [5, 5.41) is 4.52. The van der Waals surface area contributed by atoms with Crippen molar-refractivity contribution in [1.82, 2.24) is 21.2 Å². The average Bonchev–Trinajstić information content (AvgIpc) is 3.28. The predicted octanol–water partition coefficient (Wildman–Crippen LogP) is 4.18. The van der Waals surface area contributed by atoms with Gasteiger partial charge in [-0.2, -0.15) is 0 Å². The topological polar surface area (TPSA) is 79.2 Å². The van der Waals surface area contributed by atoms with Crippen LogP contribution in [-0.4, -0.2) is 22.0 Å². The first-order valence-corrected chi connectivity index (χ1v) is 10.3. The first-order valence-electron chi connectivity index (χ1n) is 9.92. The number of pyridine rings is 1. The lowest BCUT2D eigenvalue weighted by Gasteiger charge is -2.30. The van der Waals surface area contributed by atoms with E-state index in [0.29, 0.717) is 34.1 Å². The van der Waals surface area contributed by atoms with Crippen molar-refractivity contribution >= 4 is 34.1 Å². The van der Waals surface area contributed by atoms with Crippen molar-refractivity contribution in [3.8, 4) is 11.5 Å². The Balaban J connectivity index is 1.50. The number of amides is 1. The van der Waals surface area contributed by atoms with Gasteiger partial charge >= 0.3 is 0 Å². The zero-order valence-corrected chi connectivity index (χ0v) is 17.1. The van der Waals surface area contributed by atoms with Crippen molar-refractivity contribution in [2.24, 2.45) is 5.92 Å². The fourth-order valence-corrected chi connectivity index (χ4v) is 4.03. The van der Waals surface area contributed by atoms with Crippen LogP contribution in [0, 0.1) is 5.92 Å². The molecule has 2 atom stereocenters.